The molecule has 1 saturated heterocycles. The molecule has 7 nitrogen and oxygen atoms in total. The van der Waals surface area contributed by atoms with E-state index in [1.807, 2.05) is 38.1 Å². The molecule has 0 amide bonds. The molecular weight excluding hydrogens is 440 g/mol. The number of benzene rings is 2. The molecular formula is C25H25ClN4O3. The van der Waals surface area contributed by atoms with Crippen LogP contribution >= 0.6 is 11.6 Å². The Morgan fingerprint density at radius 2 is 1.85 bits per heavy atom. The fourth-order valence-electron chi connectivity index (χ4n) is 4.56. The van der Waals surface area contributed by atoms with Crippen LogP contribution in [0.25, 0.3) is 27.6 Å². The number of hydrogen-bond donors (Lipinski definition) is 0. The highest BCUT2D eigenvalue weighted by atomic mass is 35.5. The van der Waals surface area contributed by atoms with Gasteiger partial charge in [-0.1, -0.05) is 23.7 Å². The predicted octanol–water partition coefficient (Wildman–Crippen LogP) is 4.78. The van der Waals surface area contributed by atoms with Crippen molar-refractivity contribution in [1.82, 2.24) is 14.5 Å². The highest BCUT2D eigenvalue weighted by Crippen LogP contribution is 2.36. The average molecular weight is 465 g/mol. The molecule has 0 atom stereocenters. The first-order valence-corrected chi connectivity index (χ1v) is 11.3. The number of aromatic nitrogens is 3. The minimum absolute atomic E-state index is 0.407. The van der Waals surface area contributed by atoms with Crippen LogP contribution in [0.5, 0.6) is 0 Å². The van der Waals surface area contributed by atoms with Crippen molar-refractivity contribution < 1.29 is 14.3 Å². The third-order valence-electron chi connectivity index (χ3n) is 6.34. The minimum atomic E-state index is -0.407. The van der Waals surface area contributed by atoms with Gasteiger partial charge in [0.25, 0.3) is 0 Å². The van der Waals surface area contributed by atoms with E-state index in [0.29, 0.717) is 29.3 Å². The van der Waals surface area contributed by atoms with Crippen molar-refractivity contribution in [2.75, 3.05) is 38.3 Å². The molecule has 2 aromatic heterocycles. The van der Waals surface area contributed by atoms with Gasteiger partial charge in [-0.15, -0.1) is 0 Å². The number of imidazole rings is 1. The van der Waals surface area contributed by atoms with Crippen LogP contribution in [0.1, 0.15) is 27.4 Å². The smallest absolute Gasteiger partial charge is 0.340 e. The largest absolute Gasteiger partial charge is 0.465 e. The van der Waals surface area contributed by atoms with Gasteiger partial charge in [0.15, 0.2) is 0 Å². The summed E-state index contributed by atoms with van der Waals surface area (Å²) in [6.07, 6.45) is 0. The Bertz CT molecular complexity index is 1410. The number of morpholine rings is 1. The number of para-hydroxylation sites is 1. The fraction of sp³-hybridized carbons (Fsp3) is 0.320. The highest BCUT2D eigenvalue weighted by molar-refractivity contribution is 6.35. The maximum atomic E-state index is 12.8. The van der Waals surface area contributed by atoms with E-state index in [0.717, 1.165) is 58.0 Å². The number of esters is 1. The molecule has 8 heteroatoms. The van der Waals surface area contributed by atoms with Crippen molar-refractivity contribution in [3.05, 3.63) is 58.0 Å². The van der Waals surface area contributed by atoms with Crippen molar-refractivity contribution in [3.8, 4) is 5.69 Å². The fourth-order valence-corrected chi connectivity index (χ4v) is 4.78. The second kappa shape index (κ2) is 8.32. The minimum Gasteiger partial charge on any atom is -0.465 e. The molecule has 0 N–H and O–H groups in total. The second-order valence-electron chi connectivity index (χ2n) is 8.25. The Morgan fingerprint density at radius 1 is 1.09 bits per heavy atom. The van der Waals surface area contributed by atoms with Crippen LogP contribution in [-0.4, -0.2) is 53.9 Å². The first-order valence-electron chi connectivity index (χ1n) is 10.9. The molecule has 0 spiro atoms. The van der Waals surface area contributed by atoms with Crippen molar-refractivity contribution in [3.63, 3.8) is 0 Å². The molecule has 0 bridgehead atoms. The van der Waals surface area contributed by atoms with Crippen LogP contribution in [0.15, 0.2) is 30.3 Å². The summed E-state index contributed by atoms with van der Waals surface area (Å²) in [4.78, 5) is 24.5. The SMILES string of the molecule is COC(=O)c1cc(N2CCOCC2)cc2c1nc(C)n2-c1c(C)c(C)nc2c(Cl)cccc12. The second-order valence-corrected chi connectivity index (χ2v) is 8.66. The monoisotopic (exact) mass is 464 g/mol. The van der Waals surface area contributed by atoms with Crippen molar-refractivity contribution in [2.24, 2.45) is 0 Å². The van der Waals surface area contributed by atoms with Gasteiger partial charge in [0.05, 0.1) is 47.6 Å². The summed E-state index contributed by atoms with van der Waals surface area (Å²) in [6.45, 7) is 8.79. The molecule has 0 radical (unpaired) electrons. The average Bonchev–Trinajstić information content (AvgIpc) is 3.15. The Labute approximate surface area is 196 Å². The van der Waals surface area contributed by atoms with Gasteiger partial charge in [0, 0.05) is 29.9 Å². The van der Waals surface area contributed by atoms with Gasteiger partial charge in [-0.2, -0.15) is 0 Å². The molecule has 1 aliphatic rings. The number of methoxy groups -OCH3 is 1. The lowest BCUT2D eigenvalue weighted by Crippen LogP contribution is -2.36. The van der Waals surface area contributed by atoms with Crippen LogP contribution < -0.4 is 4.90 Å². The standard InChI is InChI=1S/C25H25ClN4O3/c1-14-15(2)27-22-18(6-5-7-20(22)26)24(14)30-16(3)28-23-19(25(31)32-4)12-17(13-21(23)30)29-8-10-33-11-9-29/h5-7,12-13H,8-11H2,1-4H3. The lowest BCUT2D eigenvalue weighted by Gasteiger charge is -2.29. The van der Waals surface area contributed by atoms with Gasteiger partial charge in [-0.3, -0.25) is 9.55 Å². The van der Waals surface area contributed by atoms with Crippen LogP contribution in [0.3, 0.4) is 0 Å². The lowest BCUT2D eigenvalue weighted by atomic mass is 10.1. The van der Waals surface area contributed by atoms with Crippen molar-refractivity contribution >= 4 is 45.2 Å². The van der Waals surface area contributed by atoms with Crippen molar-refractivity contribution in [2.45, 2.75) is 20.8 Å². The number of hydrogen-bond acceptors (Lipinski definition) is 6. The zero-order valence-electron chi connectivity index (χ0n) is 19.1. The Kier molecular flexibility index (Phi) is 5.46. The molecule has 0 saturated carbocycles. The van der Waals surface area contributed by atoms with E-state index in [4.69, 9.17) is 31.0 Å². The number of nitrogens with zero attached hydrogens (tertiary/aromatic N) is 4. The topological polar surface area (TPSA) is 69.5 Å². The summed E-state index contributed by atoms with van der Waals surface area (Å²) in [6, 6.07) is 9.77. The third-order valence-corrected chi connectivity index (χ3v) is 6.64. The van der Waals surface area contributed by atoms with Crippen LogP contribution in [0, 0.1) is 20.8 Å². The third kappa shape index (κ3) is 3.52. The highest BCUT2D eigenvalue weighted by Gasteiger charge is 2.24. The number of carbonyl (C=O) groups is 1. The van der Waals surface area contributed by atoms with Crippen LogP contribution in [0.4, 0.5) is 5.69 Å². The van der Waals surface area contributed by atoms with E-state index in [2.05, 4.69) is 22.5 Å². The molecule has 1 aliphatic heterocycles. The van der Waals surface area contributed by atoms with E-state index in [9.17, 15) is 4.79 Å². The first kappa shape index (κ1) is 21.7. The van der Waals surface area contributed by atoms with Gasteiger partial charge in [-0.25, -0.2) is 9.78 Å². The maximum absolute atomic E-state index is 12.8. The van der Waals surface area contributed by atoms with E-state index in [1.54, 1.807) is 0 Å². The summed E-state index contributed by atoms with van der Waals surface area (Å²) < 4.78 is 12.7. The van der Waals surface area contributed by atoms with Gasteiger partial charge < -0.3 is 14.4 Å². The zero-order valence-corrected chi connectivity index (χ0v) is 19.9. The van der Waals surface area contributed by atoms with Gasteiger partial charge in [-0.05, 0) is 44.5 Å². The van der Waals surface area contributed by atoms with Gasteiger partial charge in [0.1, 0.15) is 11.3 Å². The van der Waals surface area contributed by atoms with Crippen molar-refractivity contribution in [1.29, 1.82) is 0 Å². The number of carbonyl (C=O) groups excluding carboxylic acids is 1. The molecule has 5 rings (SSSR count). The maximum Gasteiger partial charge on any atom is 0.340 e. The number of anilines is 1. The Balaban J connectivity index is 1.87. The number of halogens is 1. The number of fused-ring (bicyclic) bond motifs is 2. The lowest BCUT2D eigenvalue weighted by molar-refractivity contribution is 0.0603. The van der Waals surface area contributed by atoms with Crippen LogP contribution in [-0.2, 0) is 9.47 Å². The van der Waals surface area contributed by atoms with E-state index < -0.39 is 5.97 Å². The van der Waals surface area contributed by atoms with E-state index >= 15 is 0 Å². The molecule has 2 aromatic carbocycles. The molecule has 33 heavy (non-hydrogen) atoms. The first-order chi connectivity index (χ1) is 15.9. The quantitative estimate of drug-likeness (QED) is 0.406. The summed E-state index contributed by atoms with van der Waals surface area (Å²) in [5.74, 6) is 0.361. The van der Waals surface area contributed by atoms with Gasteiger partial charge in [0.2, 0.25) is 0 Å². The van der Waals surface area contributed by atoms with Crippen LogP contribution in [0.2, 0.25) is 5.02 Å². The summed E-state index contributed by atoms with van der Waals surface area (Å²) in [7, 11) is 1.39. The Morgan fingerprint density at radius 3 is 2.58 bits per heavy atom. The molecule has 4 aromatic rings. The number of pyridine rings is 1. The number of rotatable bonds is 3. The zero-order chi connectivity index (χ0) is 23.3. The molecule has 3 heterocycles. The molecule has 170 valence electrons. The normalized spacial score (nSPS) is 14.3. The van der Waals surface area contributed by atoms with E-state index in [1.165, 1.54) is 7.11 Å². The van der Waals surface area contributed by atoms with Gasteiger partial charge >= 0.3 is 5.97 Å². The Hall–Kier alpha value is -3.16. The number of ether oxygens (including phenoxy) is 2. The number of aryl methyl sites for hydroxylation is 2. The van der Waals surface area contributed by atoms with E-state index in [-0.39, 0.29) is 0 Å². The molecule has 0 unspecified atom stereocenters. The molecule has 0 aliphatic carbocycles. The summed E-state index contributed by atoms with van der Waals surface area (Å²) in [5.41, 5.74) is 6.48. The predicted molar refractivity (Wildman–Crippen MR) is 130 cm³/mol. The summed E-state index contributed by atoms with van der Waals surface area (Å²) >= 11 is 6.52. The molecule has 1 fully saturated rings. The summed E-state index contributed by atoms with van der Waals surface area (Å²) in [5, 5.41) is 1.53.